The summed E-state index contributed by atoms with van der Waals surface area (Å²) in [6.45, 7) is 8.12. The molecule has 5 aromatic rings. The molecular formula is C33H30N2Se. The summed E-state index contributed by atoms with van der Waals surface area (Å²) in [4.78, 5) is 2.25. The van der Waals surface area contributed by atoms with Crippen LogP contribution in [0.1, 0.15) is 12.5 Å². The molecule has 3 heteroatoms. The third kappa shape index (κ3) is 4.44. The van der Waals surface area contributed by atoms with Crippen molar-refractivity contribution in [3.8, 4) is 5.69 Å². The van der Waals surface area contributed by atoms with Crippen molar-refractivity contribution in [2.75, 3.05) is 11.9 Å². The number of allylic oxidation sites excluding steroid dienone is 4. The van der Waals surface area contributed by atoms with E-state index in [-0.39, 0.29) is 0 Å². The molecule has 0 amide bonds. The molecule has 0 spiro atoms. The van der Waals surface area contributed by atoms with Crippen LogP contribution < -0.4 is 9.36 Å². The van der Waals surface area contributed by atoms with Crippen molar-refractivity contribution in [1.29, 1.82) is 0 Å². The van der Waals surface area contributed by atoms with E-state index in [1.807, 2.05) is 6.08 Å². The van der Waals surface area contributed by atoms with Crippen molar-refractivity contribution in [3.05, 3.63) is 138 Å². The second kappa shape index (κ2) is 10.5. The number of rotatable bonds is 3. The van der Waals surface area contributed by atoms with Gasteiger partial charge in [-0.1, -0.05) is 48.0 Å². The number of fused-ring (bicyclic) bond motifs is 4. The standard InChI is InChI=1S/C19H15N.C14H15NSe/c1-14-11-12-19-17(13-14)16-9-5-6-10-18(16)20(19)15-7-3-2-4-8-15;1-4-8-11-13(5-2)16-14-10-7-6-9-12(14)15(11)3/h2-13H,1H3;4-10H,2H2,1,3H3/b;8-4-. The first-order chi connectivity index (χ1) is 17.6. The van der Waals surface area contributed by atoms with Crippen LogP contribution in [0.15, 0.2) is 132 Å². The molecule has 178 valence electrons. The maximum absolute atomic E-state index is 3.92. The van der Waals surface area contributed by atoms with Crippen LogP contribution in [0.5, 0.6) is 0 Å². The molecule has 36 heavy (non-hydrogen) atoms. The van der Waals surface area contributed by atoms with Gasteiger partial charge in [-0.3, -0.25) is 0 Å². The number of para-hydroxylation sites is 3. The molecule has 1 aliphatic heterocycles. The summed E-state index contributed by atoms with van der Waals surface area (Å²) in [5.74, 6) is 0. The fourth-order valence-corrected chi connectivity index (χ4v) is 7.00. The normalized spacial score (nSPS) is 13.1. The smallest absolute Gasteiger partial charge is 0.0541 e. The van der Waals surface area contributed by atoms with Crippen molar-refractivity contribution >= 4 is 46.9 Å². The summed E-state index contributed by atoms with van der Waals surface area (Å²) in [5.41, 5.74) is 7.63. The molecule has 0 saturated carbocycles. The molecule has 0 N–H and O–H groups in total. The number of aromatic nitrogens is 1. The second-order valence-corrected chi connectivity index (χ2v) is 11.1. The zero-order chi connectivity index (χ0) is 25.1. The van der Waals surface area contributed by atoms with Crippen LogP contribution in [0.3, 0.4) is 0 Å². The van der Waals surface area contributed by atoms with E-state index < -0.39 is 0 Å². The van der Waals surface area contributed by atoms with E-state index in [1.165, 1.54) is 53.4 Å². The van der Waals surface area contributed by atoms with Crippen molar-refractivity contribution < 1.29 is 0 Å². The van der Waals surface area contributed by atoms with Crippen molar-refractivity contribution in [3.63, 3.8) is 0 Å². The van der Waals surface area contributed by atoms with Crippen LogP contribution >= 0.6 is 0 Å². The molecule has 0 unspecified atom stereocenters. The molecule has 4 aromatic carbocycles. The molecule has 0 fully saturated rings. The largest absolute Gasteiger partial charge is 0.309 e. The predicted molar refractivity (Wildman–Crippen MR) is 158 cm³/mol. The number of anilines is 1. The van der Waals surface area contributed by atoms with Gasteiger partial charge < -0.3 is 4.57 Å². The maximum atomic E-state index is 3.92. The van der Waals surface area contributed by atoms with Crippen LogP contribution in [-0.4, -0.2) is 26.6 Å². The first-order valence-electron chi connectivity index (χ1n) is 12.2. The number of hydrogen-bond donors (Lipinski definition) is 0. The number of nitrogens with zero attached hydrogens (tertiary/aromatic N) is 2. The van der Waals surface area contributed by atoms with Gasteiger partial charge in [0.25, 0.3) is 0 Å². The van der Waals surface area contributed by atoms with Crippen molar-refractivity contribution in [2.24, 2.45) is 0 Å². The van der Waals surface area contributed by atoms with E-state index in [4.69, 9.17) is 0 Å². The summed E-state index contributed by atoms with van der Waals surface area (Å²) in [6, 6.07) is 34.4. The Hall–Kier alpha value is -3.78. The zero-order valence-corrected chi connectivity index (χ0v) is 22.7. The van der Waals surface area contributed by atoms with Gasteiger partial charge in [0, 0.05) is 16.5 Å². The van der Waals surface area contributed by atoms with Gasteiger partial charge in [0.2, 0.25) is 0 Å². The Balaban J connectivity index is 0.000000152. The molecule has 1 aromatic heterocycles. The fourth-order valence-electron chi connectivity index (χ4n) is 4.73. The van der Waals surface area contributed by atoms with Gasteiger partial charge in [-0.05, 0) is 37.3 Å². The molecule has 0 aliphatic carbocycles. The van der Waals surface area contributed by atoms with Gasteiger partial charge in [0.1, 0.15) is 0 Å². The minimum atomic E-state index is 0.375. The fraction of sp³-hybridized carbons (Fsp3) is 0.0909. The molecule has 1 aliphatic rings. The zero-order valence-electron chi connectivity index (χ0n) is 21.0. The number of benzene rings is 4. The topological polar surface area (TPSA) is 8.17 Å². The SMILES string of the molecule is C=CC1=C(/C=C\C)N(C)c2ccccc2[Se]1.Cc1ccc2c(c1)c1ccccc1n2-c1ccccc1. The number of hydrogen-bond acceptors (Lipinski definition) is 1. The molecular weight excluding hydrogens is 503 g/mol. The van der Waals surface area contributed by atoms with Gasteiger partial charge >= 0.3 is 103 Å². The third-order valence-corrected chi connectivity index (χ3v) is 8.85. The molecule has 0 saturated heterocycles. The predicted octanol–water partition coefficient (Wildman–Crippen LogP) is 7.53. The second-order valence-electron chi connectivity index (χ2n) is 8.79. The first-order valence-corrected chi connectivity index (χ1v) is 13.9. The average molecular weight is 534 g/mol. The molecule has 0 bridgehead atoms. The third-order valence-electron chi connectivity index (χ3n) is 6.41. The van der Waals surface area contributed by atoms with Crippen LogP contribution in [-0.2, 0) is 0 Å². The monoisotopic (exact) mass is 534 g/mol. The van der Waals surface area contributed by atoms with E-state index in [0.29, 0.717) is 15.0 Å². The number of likely N-dealkylation sites (N-methyl/N-ethyl adjacent to an activating group) is 1. The minimum Gasteiger partial charge on any atom is -0.309 e. The maximum Gasteiger partial charge on any atom is 0.0541 e. The average Bonchev–Trinajstić information content (AvgIpc) is 3.24. The van der Waals surface area contributed by atoms with E-state index in [1.54, 1.807) is 0 Å². The summed E-state index contributed by atoms with van der Waals surface area (Å²) < 4.78 is 5.12. The van der Waals surface area contributed by atoms with Gasteiger partial charge in [0.15, 0.2) is 0 Å². The van der Waals surface area contributed by atoms with Gasteiger partial charge in [-0.15, -0.1) is 0 Å². The Morgan fingerprint density at radius 1 is 0.778 bits per heavy atom. The summed E-state index contributed by atoms with van der Waals surface area (Å²) in [5, 5.41) is 2.64. The van der Waals surface area contributed by atoms with Gasteiger partial charge in [0.05, 0.1) is 11.0 Å². The summed E-state index contributed by atoms with van der Waals surface area (Å²) in [7, 11) is 2.12. The molecule has 2 nitrogen and oxygen atoms in total. The van der Waals surface area contributed by atoms with Crippen LogP contribution in [0.25, 0.3) is 27.5 Å². The van der Waals surface area contributed by atoms with E-state index in [0.717, 1.165) is 0 Å². The molecule has 2 heterocycles. The van der Waals surface area contributed by atoms with E-state index in [2.05, 4.69) is 146 Å². The molecule has 6 rings (SSSR count). The van der Waals surface area contributed by atoms with Crippen LogP contribution in [0.4, 0.5) is 5.69 Å². The Morgan fingerprint density at radius 2 is 1.47 bits per heavy atom. The van der Waals surface area contributed by atoms with Crippen LogP contribution in [0.2, 0.25) is 0 Å². The van der Waals surface area contributed by atoms with Gasteiger partial charge in [-0.2, -0.15) is 0 Å². The van der Waals surface area contributed by atoms with E-state index >= 15 is 0 Å². The summed E-state index contributed by atoms with van der Waals surface area (Å²) in [6.07, 6.45) is 6.23. The molecule has 0 radical (unpaired) electrons. The van der Waals surface area contributed by atoms with E-state index in [9.17, 15) is 0 Å². The van der Waals surface area contributed by atoms with Crippen molar-refractivity contribution in [1.82, 2.24) is 4.57 Å². The number of aryl methyl sites for hydroxylation is 1. The Morgan fingerprint density at radius 3 is 2.25 bits per heavy atom. The van der Waals surface area contributed by atoms with Crippen LogP contribution in [0, 0.1) is 6.92 Å². The Bertz CT molecular complexity index is 1610. The van der Waals surface area contributed by atoms with Crippen molar-refractivity contribution in [2.45, 2.75) is 13.8 Å². The Labute approximate surface area is 220 Å². The first kappa shape index (κ1) is 23.9. The quantitative estimate of drug-likeness (QED) is 0.218. The molecule has 0 atom stereocenters. The van der Waals surface area contributed by atoms with Gasteiger partial charge in [-0.25, -0.2) is 0 Å². The summed E-state index contributed by atoms with van der Waals surface area (Å²) >= 11 is 0.375. The Kier molecular flexibility index (Phi) is 6.95. The minimum absolute atomic E-state index is 0.375.